The Morgan fingerprint density at radius 1 is 1.33 bits per heavy atom. The number of methoxy groups -OCH3 is 1. The van der Waals surface area contributed by atoms with Crippen LogP contribution in [-0.2, 0) is 9.53 Å². The van der Waals surface area contributed by atoms with E-state index in [9.17, 15) is 9.18 Å². The Bertz CT molecular complexity index is 829. The third-order valence-corrected chi connectivity index (χ3v) is 5.48. The molecule has 1 unspecified atom stereocenters. The van der Waals surface area contributed by atoms with Crippen molar-refractivity contribution in [1.82, 2.24) is 4.98 Å². The first-order chi connectivity index (χ1) is 11.6. The molecule has 0 radical (unpaired) electrons. The zero-order chi connectivity index (χ0) is 16.7. The van der Waals surface area contributed by atoms with Gasteiger partial charge in [0, 0.05) is 18.0 Å². The summed E-state index contributed by atoms with van der Waals surface area (Å²) in [4.78, 5) is 15.8. The quantitative estimate of drug-likeness (QED) is 0.787. The van der Waals surface area contributed by atoms with Crippen molar-refractivity contribution in [2.45, 2.75) is 25.7 Å². The summed E-state index contributed by atoms with van der Waals surface area (Å²) in [6.07, 6.45) is 7.76. The van der Waals surface area contributed by atoms with E-state index < -0.39 is 0 Å². The average molecular weight is 325 g/mol. The first-order valence-corrected chi connectivity index (χ1v) is 8.46. The third-order valence-electron chi connectivity index (χ3n) is 5.48. The largest absolute Gasteiger partial charge is 0.469 e. The van der Waals surface area contributed by atoms with Gasteiger partial charge in [0.1, 0.15) is 5.82 Å². The lowest BCUT2D eigenvalue weighted by atomic mass is 9.94. The molecule has 1 aromatic carbocycles. The number of hydrogen-bond acceptors (Lipinski definition) is 3. The number of allylic oxidation sites excluding steroid dienone is 2. The number of aromatic nitrogens is 1. The van der Waals surface area contributed by atoms with E-state index in [0.717, 1.165) is 35.7 Å². The summed E-state index contributed by atoms with van der Waals surface area (Å²) in [6, 6.07) is 6.75. The molecule has 4 heteroatoms. The second-order valence-corrected chi connectivity index (χ2v) is 6.96. The van der Waals surface area contributed by atoms with Crippen LogP contribution in [-0.4, -0.2) is 18.1 Å². The summed E-state index contributed by atoms with van der Waals surface area (Å²) < 4.78 is 18.4. The summed E-state index contributed by atoms with van der Waals surface area (Å²) in [6.45, 7) is 0. The topological polar surface area (TPSA) is 39.2 Å². The zero-order valence-corrected chi connectivity index (χ0v) is 13.7. The van der Waals surface area contributed by atoms with E-state index in [0.29, 0.717) is 24.2 Å². The molecule has 1 aromatic heterocycles. The number of nitrogens with zero attached hydrogens (tertiary/aromatic N) is 1. The van der Waals surface area contributed by atoms with Crippen molar-refractivity contribution in [2.75, 3.05) is 7.11 Å². The predicted molar refractivity (Wildman–Crippen MR) is 90.6 cm³/mol. The number of hydrogen-bond donors (Lipinski definition) is 0. The summed E-state index contributed by atoms with van der Waals surface area (Å²) in [5, 5.41) is 0.884. The number of halogens is 1. The SMILES string of the molecule is COC(=O)CC1C[C@H]2CC(c3ccnc4ccc(F)cc34)=C[C@H]2C1. The zero-order valence-electron chi connectivity index (χ0n) is 13.7. The third kappa shape index (κ3) is 2.70. The van der Waals surface area contributed by atoms with Crippen molar-refractivity contribution < 1.29 is 13.9 Å². The van der Waals surface area contributed by atoms with E-state index in [-0.39, 0.29) is 11.8 Å². The van der Waals surface area contributed by atoms with Crippen LogP contribution in [0.5, 0.6) is 0 Å². The first kappa shape index (κ1) is 15.3. The van der Waals surface area contributed by atoms with E-state index in [1.165, 1.54) is 18.7 Å². The van der Waals surface area contributed by atoms with Crippen LogP contribution < -0.4 is 0 Å². The van der Waals surface area contributed by atoms with Gasteiger partial charge in [-0.3, -0.25) is 9.78 Å². The highest BCUT2D eigenvalue weighted by atomic mass is 19.1. The van der Waals surface area contributed by atoms with Gasteiger partial charge in [-0.05, 0) is 72.4 Å². The molecule has 0 bridgehead atoms. The molecule has 124 valence electrons. The summed E-state index contributed by atoms with van der Waals surface area (Å²) in [5.41, 5.74) is 3.22. The highest BCUT2D eigenvalue weighted by Crippen LogP contribution is 2.49. The van der Waals surface area contributed by atoms with Gasteiger partial charge in [0.15, 0.2) is 0 Å². The van der Waals surface area contributed by atoms with Gasteiger partial charge in [-0.2, -0.15) is 0 Å². The van der Waals surface area contributed by atoms with Crippen LogP contribution in [0.1, 0.15) is 31.2 Å². The molecule has 1 fully saturated rings. The van der Waals surface area contributed by atoms with Crippen LogP contribution in [0.15, 0.2) is 36.5 Å². The Morgan fingerprint density at radius 2 is 2.21 bits per heavy atom. The van der Waals surface area contributed by atoms with Crippen molar-refractivity contribution in [3.63, 3.8) is 0 Å². The molecule has 24 heavy (non-hydrogen) atoms. The van der Waals surface area contributed by atoms with E-state index in [1.807, 2.05) is 6.07 Å². The molecule has 3 nitrogen and oxygen atoms in total. The molecular weight excluding hydrogens is 305 g/mol. The fourth-order valence-corrected chi connectivity index (χ4v) is 4.41. The fourth-order valence-electron chi connectivity index (χ4n) is 4.41. The lowest BCUT2D eigenvalue weighted by Gasteiger charge is -2.12. The lowest BCUT2D eigenvalue weighted by Crippen LogP contribution is -2.07. The van der Waals surface area contributed by atoms with E-state index >= 15 is 0 Å². The maximum absolute atomic E-state index is 13.6. The maximum atomic E-state index is 13.6. The monoisotopic (exact) mass is 325 g/mol. The number of esters is 1. The Hall–Kier alpha value is -2.23. The van der Waals surface area contributed by atoms with Crippen LogP contribution in [0.2, 0.25) is 0 Å². The fraction of sp³-hybridized carbons (Fsp3) is 0.400. The molecule has 0 saturated heterocycles. The molecule has 1 saturated carbocycles. The number of benzene rings is 1. The minimum Gasteiger partial charge on any atom is -0.469 e. The van der Waals surface area contributed by atoms with Gasteiger partial charge in [-0.1, -0.05) is 6.08 Å². The van der Waals surface area contributed by atoms with Gasteiger partial charge < -0.3 is 4.74 Å². The molecule has 3 atom stereocenters. The molecule has 0 amide bonds. The number of pyridine rings is 1. The van der Waals surface area contributed by atoms with E-state index in [2.05, 4.69) is 11.1 Å². The summed E-state index contributed by atoms with van der Waals surface area (Å²) in [5.74, 6) is 1.20. The Kier molecular flexibility index (Phi) is 3.83. The first-order valence-electron chi connectivity index (χ1n) is 8.46. The highest BCUT2D eigenvalue weighted by molar-refractivity contribution is 5.92. The van der Waals surface area contributed by atoms with Gasteiger partial charge in [0.05, 0.1) is 12.6 Å². The Morgan fingerprint density at radius 3 is 3.00 bits per heavy atom. The highest BCUT2D eigenvalue weighted by Gasteiger charge is 2.38. The molecule has 0 N–H and O–H groups in total. The number of rotatable bonds is 3. The predicted octanol–water partition coefficient (Wildman–Crippen LogP) is 4.37. The molecule has 2 aliphatic rings. The number of carbonyl (C=O) groups is 1. The maximum Gasteiger partial charge on any atom is 0.305 e. The van der Waals surface area contributed by atoms with Crippen LogP contribution in [0.25, 0.3) is 16.5 Å². The smallest absolute Gasteiger partial charge is 0.305 e. The average Bonchev–Trinajstić information content (AvgIpc) is 3.12. The van der Waals surface area contributed by atoms with Gasteiger partial charge >= 0.3 is 5.97 Å². The second kappa shape index (κ2) is 6.00. The molecule has 4 rings (SSSR count). The number of fused-ring (bicyclic) bond motifs is 2. The normalized spacial score (nSPS) is 25.6. The van der Waals surface area contributed by atoms with Gasteiger partial charge in [-0.15, -0.1) is 0 Å². The summed E-state index contributed by atoms with van der Waals surface area (Å²) >= 11 is 0. The molecule has 1 heterocycles. The number of carbonyl (C=O) groups excluding carboxylic acids is 1. The van der Waals surface area contributed by atoms with E-state index in [4.69, 9.17) is 4.74 Å². The molecule has 0 spiro atoms. The number of ether oxygens (including phenoxy) is 1. The van der Waals surface area contributed by atoms with Gasteiger partial charge in [-0.25, -0.2) is 4.39 Å². The van der Waals surface area contributed by atoms with Crippen LogP contribution in [0.4, 0.5) is 4.39 Å². The molecule has 0 aliphatic heterocycles. The van der Waals surface area contributed by atoms with Crippen LogP contribution in [0, 0.1) is 23.6 Å². The van der Waals surface area contributed by atoms with Crippen LogP contribution in [0.3, 0.4) is 0 Å². The van der Waals surface area contributed by atoms with Crippen molar-refractivity contribution in [3.05, 3.63) is 47.9 Å². The lowest BCUT2D eigenvalue weighted by molar-refractivity contribution is -0.141. The summed E-state index contributed by atoms with van der Waals surface area (Å²) in [7, 11) is 1.45. The minimum atomic E-state index is -0.228. The Labute approximate surface area is 140 Å². The van der Waals surface area contributed by atoms with Crippen molar-refractivity contribution in [1.29, 1.82) is 0 Å². The van der Waals surface area contributed by atoms with Crippen molar-refractivity contribution >= 4 is 22.4 Å². The van der Waals surface area contributed by atoms with Crippen LogP contribution >= 0.6 is 0 Å². The molecule has 2 aromatic rings. The van der Waals surface area contributed by atoms with E-state index in [1.54, 1.807) is 18.3 Å². The van der Waals surface area contributed by atoms with Gasteiger partial charge in [0.2, 0.25) is 0 Å². The van der Waals surface area contributed by atoms with Crippen molar-refractivity contribution in [3.8, 4) is 0 Å². The minimum absolute atomic E-state index is 0.111. The standard InChI is InChI=1S/C20H20FNO2/c1-24-20(23)8-12-6-13-9-15(10-14(13)7-12)17-4-5-22-19-3-2-16(21)11-18(17)19/h2-5,9,11-14H,6-8,10H2,1H3/t12?,13-,14+/m1/s1. The molecule has 2 aliphatic carbocycles. The Balaban J connectivity index is 1.59. The van der Waals surface area contributed by atoms with Crippen molar-refractivity contribution in [2.24, 2.45) is 17.8 Å². The van der Waals surface area contributed by atoms with Gasteiger partial charge in [0.25, 0.3) is 0 Å². The second-order valence-electron chi connectivity index (χ2n) is 6.96. The molecular formula is C20H20FNO2.